The van der Waals surface area contributed by atoms with Gasteiger partial charge in [0.1, 0.15) is 12.4 Å². The maximum absolute atomic E-state index is 5.06. The lowest BCUT2D eigenvalue weighted by Gasteiger charge is -2.08. The largest absolute Gasteiger partial charge is 0.378 e. The number of rotatable bonds is 7. The number of nitrogens with zero attached hydrogens (tertiary/aromatic N) is 2. The molecule has 0 aliphatic heterocycles. The topological polar surface area (TPSA) is 56.3 Å². The van der Waals surface area contributed by atoms with Crippen molar-refractivity contribution < 1.29 is 9.47 Å². The van der Waals surface area contributed by atoms with E-state index in [0.717, 1.165) is 24.5 Å². The number of aromatic nitrogens is 2. The molecule has 0 saturated heterocycles. The summed E-state index contributed by atoms with van der Waals surface area (Å²) in [5, 5.41) is 3.23. The summed E-state index contributed by atoms with van der Waals surface area (Å²) in [6.07, 6.45) is 1.06. The average Bonchev–Trinajstić information content (AvgIpc) is 2.27. The van der Waals surface area contributed by atoms with Crippen molar-refractivity contribution in [2.75, 3.05) is 26.1 Å². The first-order valence-electron chi connectivity index (χ1n) is 5.38. The number of hydrogen-bond donors (Lipinski definition) is 1. The van der Waals surface area contributed by atoms with Crippen molar-refractivity contribution in [3.05, 3.63) is 17.6 Å². The summed E-state index contributed by atoms with van der Waals surface area (Å²) in [5.74, 6) is 1.51. The highest BCUT2D eigenvalue weighted by Crippen LogP contribution is 2.08. The fraction of sp³-hybridized carbons (Fsp3) is 0.636. The normalized spacial score (nSPS) is 10.4. The summed E-state index contributed by atoms with van der Waals surface area (Å²) in [4.78, 5) is 8.66. The van der Waals surface area contributed by atoms with E-state index in [-0.39, 0.29) is 0 Å². The predicted octanol–water partition coefficient (Wildman–Crippen LogP) is 1.59. The first kappa shape index (κ1) is 12.9. The second kappa shape index (κ2) is 7.14. The van der Waals surface area contributed by atoms with Crippen molar-refractivity contribution in [3.63, 3.8) is 0 Å². The molecule has 1 aromatic heterocycles. The van der Waals surface area contributed by atoms with Crippen LogP contribution in [0.3, 0.4) is 0 Å². The van der Waals surface area contributed by atoms with Crippen LogP contribution in [0.4, 0.5) is 5.82 Å². The highest BCUT2D eigenvalue weighted by molar-refractivity contribution is 5.35. The molecular weight excluding hydrogens is 206 g/mol. The summed E-state index contributed by atoms with van der Waals surface area (Å²) in [5.41, 5.74) is 0.864. The minimum Gasteiger partial charge on any atom is -0.378 e. The van der Waals surface area contributed by atoms with Crippen LogP contribution >= 0.6 is 0 Å². The number of nitrogens with one attached hydrogen (secondary N) is 1. The van der Waals surface area contributed by atoms with Gasteiger partial charge in [-0.15, -0.1) is 0 Å². The minimum absolute atomic E-state index is 0.415. The zero-order chi connectivity index (χ0) is 11.8. The molecule has 0 atom stereocenters. The molecule has 0 bridgehead atoms. The van der Waals surface area contributed by atoms with Crippen molar-refractivity contribution in [2.24, 2.45) is 0 Å². The summed E-state index contributed by atoms with van der Waals surface area (Å²) in [7, 11) is 3.28. The third-order valence-corrected chi connectivity index (χ3v) is 1.95. The highest BCUT2D eigenvalue weighted by Gasteiger charge is 2.04. The lowest BCUT2D eigenvalue weighted by Crippen LogP contribution is -2.08. The number of methoxy groups -OCH3 is 2. The molecule has 0 spiro atoms. The fourth-order valence-corrected chi connectivity index (χ4v) is 1.31. The molecule has 1 aromatic rings. The summed E-state index contributed by atoms with van der Waals surface area (Å²) < 4.78 is 10.1. The predicted molar refractivity (Wildman–Crippen MR) is 62.2 cm³/mol. The van der Waals surface area contributed by atoms with Gasteiger partial charge in [-0.1, -0.05) is 6.92 Å². The van der Waals surface area contributed by atoms with E-state index in [9.17, 15) is 0 Å². The van der Waals surface area contributed by atoms with E-state index in [1.807, 2.05) is 6.07 Å². The van der Waals surface area contributed by atoms with Crippen molar-refractivity contribution in [2.45, 2.75) is 26.6 Å². The van der Waals surface area contributed by atoms with Gasteiger partial charge in [0.2, 0.25) is 0 Å². The van der Waals surface area contributed by atoms with Gasteiger partial charge in [0, 0.05) is 26.8 Å². The third kappa shape index (κ3) is 4.12. The van der Waals surface area contributed by atoms with Crippen molar-refractivity contribution in [3.8, 4) is 0 Å². The number of anilines is 1. The first-order valence-corrected chi connectivity index (χ1v) is 5.38. The molecule has 16 heavy (non-hydrogen) atoms. The van der Waals surface area contributed by atoms with Gasteiger partial charge in [-0.3, -0.25) is 0 Å². The molecule has 0 fully saturated rings. The maximum Gasteiger partial charge on any atom is 0.156 e. The quantitative estimate of drug-likeness (QED) is 0.763. The van der Waals surface area contributed by atoms with Gasteiger partial charge in [-0.05, 0) is 6.42 Å². The Morgan fingerprint density at radius 3 is 2.56 bits per heavy atom. The van der Waals surface area contributed by atoms with E-state index in [2.05, 4.69) is 22.2 Å². The molecule has 0 aromatic carbocycles. The Labute approximate surface area is 96.2 Å². The maximum atomic E-state index is 5.06. The van der Waals surface area contributed by atoms with Gasteiger partial charge in [0.15, 0.2) is 5.82 Å². The van der Waals surface area contributed by atoms with Crippen molar-refractivity contribution in [1.29, 1.82) is 0 Å². The fourth-order valence-electron chi connectivity index (χ4n) is 1.31. The molecule has 0 saturated carbocycles. The molecule has 0 unspecified atom stereocenters. The van der Waals surface area contributed by atoms with E-state index in [4.69, 9.17) is 9.47 Å². The van der Waals surface area contributed by atoms with Crippen LogP contribution in [0, 0.1) is 0 Å². The Hall–Kier alpha value is -1.20. The molecule has 1 rings (SSSR count). The summed E-state index contributed by atoms with van der Waals surface area (Å²) in [6.45, 7) is 3.91. The zero-order valence-corrected chi connectivity index (χ0v) is 10.1. The van der Waals surface area contributed by atoms with E-state index < -0.39 is 0 Å². The monoisotopic (exact) mass is 225 g/mol. The molecule has 90 valence electrons. The van der Waals surface area contributed by atoms with E-state index >= 15 is 0 Å². The minimum atomic E-state index is 0.415. The van der Waals surface area contributed by atoms with Crippen molar-refractivity contribution in [1.82, 2.24) is 9.97 Å². The van der Waals surface area contributed by atoms with Gasteiger partial charge in [0.25, 0.3) is 0 Å². The molecule has 1 N–H and O–H groups in total. The molecule has 0 aliphatic carbocycles. The van der Waals surface area contributed by atoms with Crippen LogP contribution in [0.2, 0.25) is 0 Å². The molecule has 5 nitrogen and oxygen atoms in total. The van der Waals surface area contributed by atoms with Crippen LogP contribution in [-0.2, 0) is 22.7 Å². The standard InChI is InChI=1S/C11H19N3O2/c1-4-5-12-10-6-9(7-15-2)13-11(14-10)8-16-3/h6H,4-5,7-8H2,1-3H3,(H,12,13,14). The SMILES string of the molecule is CCCNc1cc(COC)nc(COC)n1. The molecule has 0 radical (unpaired) electrons. The zero-order valence-electron chi connectivity index (χ0n) is 10.1. The summed E-state index contributed by atoms with van der Waals surface area (Å²) >= 11 is 0. The average molecular weight is 225 g/mol. The summed E-state index contributed by atoms with van der Waals surface area (Å²) in [6, 6.07) is 1.90. The van der Waals surface area contributed by atoms with Gasteiger partial charge in [-0.25, -0.2) is 9.97 Å². The van der Waals surface area contributed by atoms with Crippen LogP contribution in [0.25, 0.3) is 0 Å². The molecular formula is C11H19N3O2. The van der Waals surface area contributed by atoms with Crippen LogP contribution < -0.4 is 5.32 Å². The molecule has 1 heterocycles. The van der Waals surface area contributed by atoms with E-state index in [0.29, 0.717) is 19.0 Å². The van der Waals surface area contributed by atoms with E-state index in [1.54, 1.807) is 14.2 Å². The Bertz CT molecular complexity index is 294. The van der Waals surface area contributed by atoms with Crippen LogP contribution in [-0.4, -0.2) is 30.7 Å². The van der Waals surface area contributed by atoms with Gasteiger partial charge in [0.05, 0.1) is 12.3 Å². The van der Waals surface area contributed by atoms with Crippen molar-refractivity contribution >= 4 is 5.82 Å². The Morgan fingerprint density at radius 1 is 1.19 bits per heavy atom. The molecule has 0 amide bonds. The van der Waals surface area contributed by atoms with Crippen LogP contribution in [0.5, 0.6) is 0 Å². The van der Waals surface area contributed by atoms with Crippen LogP contribution in [0.1, 0.15) is 24.9 Å². The Morgan fingerprint density at radius 2 is 1.94 bits per heavy atom. The second-order valence-electron chi connectivity index (χ2n) is 3.45. The highest BCUT2D eigenvalue weighted by atomic mass is 16.5. The van der Waals surface area contributed by atoms with Gasteiger partial charge < -0.3 is 14.8 Å². The molecule has 0 aliphatic rings. The lowest BCUT2D eigenvalue weighted by atomic mass is 10.3. The third-order valence-electron chi connectivity index (χ3n) is 1.95. The Balaban J connectivity index is 2.80. The van der Waals surface area contributed by atoms with Gasteiger partial charge in [-0.2, -0.15) is 0 Å². The Kier molecular flexibility index (Phi) is 5.74. The van der Waals surface area contributed by atoms with Crippen LogP contribution in [0.15, 0.2) is 6.07 Å². The molecule has 5 heteroatoms. The number of ether oxygens (including phenoxy) is 2. The number of hydrogen-bond acceptors (Lipinski definition) is 5. The second-order valence-corrected chi connectivity index (χ2v) is 3.45. The lowest BCUT2D eigenvalue weighted by molar-refractivity contribution is 0.170. The van der Waals surface area contributed by atoms with Gasteiger partial charge >= 0.3 is 0 Å². The smallest absolute Gasteiger partial charge is 0.156 e. The van der Waals surface area contributed by atoms with E-state index in [1.165, 1.54) is 0 Å². The first-order chi connectivity index (χ1) is 7.80.